The number of hydrogen-bond donors (Lipinski definition) is 3. The topological polar surface area (TPSA) is 66.4 Å². The van der Waals surface area contributed by atoms with Crippen LogP contribution in [0.3, 0.4) is 0 Å². The average Bonchev–Trinajstić information content (AvgIpc) is 2.84. The van der Waals surface area contributed by atoms with Crippen LogP contribution < -0.4 is 5.32 Å². The lowest BCUT2D eigenvalue weighted by Crippen LogP contribution is -2.27. The molecule has 1 atom stereocenters. The van der Waals surface area contributed by atoms with Gasteiger partial charge in [-0.1, -0.05) is 18.2 Å². The molecule has 0 aliphatic rings. The van der Waals surface area contributed by atoms with Crippen molar-refractivity contribution in [3.05, 3.63) is 47.3 Å². The van der Waals surface area contributed by atoms with E-state index in [9.17, 15) is 14.7 Å². The number of hydrogen-bond acceptors (Lipinski definition) is 4. The van der Waals surface area contributed by atoms with Crippen molar-refractivity contribution in [1.82, 2.24) is 0 Å². The van der Waals surface area contributed by atoms with Crippen LogP contribution in [0.2, 0.25) is 0 Å². The number of thiol groups is 1. The molecule has 1 amide bonds. The summed E-state index contributed by atoms with van der Waals surface area (Å²) in [6.45, 7) is 0. The maximum absolute atomic E-state index is 12.1. The van der Waals surface area contributed by atoms with E-state index in [1.54, 1.807) is 41.8 Å². The largest absolute Gasteiger partial charge is 0.480 e. The highest BCUT2D eigenvalue weighted by atomic mass is 32.1. The molecule has 1 aromatic carbocycles. The van der Waals surface area contributed by atoms with Crippen molar-refractivity contribution in [2.45, 2.75) is 10.8 Å². The van der Waals surface area contributed by atoms with Crippen molar-refractivity contribution in [3.8, 4) is 0 Å². The first-order valence-electron chi connectivity index (χ1n) is 5.44. The first kappa shape index (κ1) is 13.6. The molecule has 0 saturated carbocycles. The molecular formula is C13H11NO3S2. The van der Waals surface area contributed by atoms with E-state index in [0.717, 1.165) is 0 Å². The van der Waals surface area contributed by atoms with Gasteiger partial charge in [0.1, 0.15) is 0 Å². The number of rotatable bonds is 4. The number of carboxylic acid groups (broad SMARTS) is 1. The first-order chi connectivity index (χ1) is 9.09. The van der Waals surface area contributed by atoms with E-state index in [0.29, 0.717) is 15.5 Å². The minimum Gasteiger partial charge on any atom is -0.480 e. The van der Waals surface area contributed by atoms with E-state index in [-0.39, 0.29) is 0 Å². The third-order valence-electron chi connectivity index (χ3n) is 2.52. The van der Waals surface area contributed by atoms with Gasteiger partial charge in [0, 0.05) is 4.90 Å². The fourth-order valence-corrected chi connectivity index (χ4v) is 2.57. The number of thiophene rings is 1. The molecule has 0 aliphatic heterocycles. The lowest BCUT2D eigenvalue weighted by atomic mass is 9.98. The van der Waals surface area contributed by atoms with E-state index < -0.39 is 17.8 Å². The Hall–Kier alpha value is -1.79. The molecule has 4 nitrogen and oxygen atoms in total. The molecule has 0 bridgehead atoms. The van der Waals surface area contributed by atoms with Gasteiger partial charge in [0.15, 0.2) is 5.92 Å². The Morgan fingerprint density at radius 3 is 2.53 bits per heavy atom. The summed E-state index contributed by atoms with van der Waals surface area (Å²) in [5, 5.41) is 14.3. The normalized spacial score (nSPS) is 11.8. The summed E-state index contributed by atoms with van der Waals surface area (Å²) >= 11 is 5.54. The van der Waals surface area contributed by atoms with E-state index in [1.165, 1.54) is 11.3 Å². The van der Waals surface area contributed by atoms with E-state index >= 15 is 0 Å². The molecular weight excluding hydrogens is 282 g/mol. The fourth-order valence-electron chi connectivity index (χ4n) is 1.66. The third-order valence-corrected chi connectivity index (χ3v) is 3.72. The predicted molar refractivity (Wildman–Crippen MR) is 77.0 cm³/mol. The summed E-state index contributed by atoms with van der Waals surface area (Å²) in [5.41, 5.74) is 0.382. The smallest absolute Gasteiger partial charge is 0.320 e. The van der Waals surface area contributed by atoms with E-state index in [2.05, 4.69) is 17.9 Å². The van der Waals surface area contributed by atoms with E-state index in [1.807, 2.05) is 0 Å². The first-order valence-corrected chi connectivity index (χ1v) is 6.77. The van der Waals surface area contributed by atoms with Gasteiger partial charge in [0.2, 0.25) is 5.91 Å². The zero-order chi connectivity index (χ0) is 13.8. The predicted octanol–water partition coefficient (Wildman–Crippen LogP) is 2.84. The maximum atomic E-state index is 12.1. The summed E-state index contributed by atoms with van der Waals surface area (Å²) in [6.07, 6.45) is 0. The van der Waals surface area contributed by atoms with Crippen LogP contribution in [0.5, 0.6) is 0 Å². The SMILES string of the molecule is O=C(O)C(C(=O)Nc1cccs1)c1ccccc1S. The summed E-state index contributed by atoms with van der Waals surface area (Å²) in [5.74, 6) is -3.04. The molecule has 6 heteroatoms. The average molecular weight is 293 g/mol. The number of carboxylic acids is 1. The zero-order valence-corrected chi connectivity index (χ0v) is 11.4. The second-order valence-electron chi connectivity index (χ2n) is 3.80. The van der Waals surface area contributed by atoms with Gasteiger partial charge in [-0.25, -0.2) is 0 Å². The number of anilines is 1. The summed E-state index contributed by atoms with van der Waals surface area (Å²) in [6, 6.07) is 10.2. The molecule has 19 heavy (non-hydrogen) atoms. The standard InChI is InChI=1S/C13H11NO3S2/c15-12(14-10-6-3-7-19-10)11(13(16)17)8-4-1-2-5-9(8)18/h1-7,11,18H,(H,14,15)(H,16,17). The van der Waals surface area contributed by atoms with Crippen molar-refractivity contribution in [1.29, 1.82) is 0 Å². The minimum atomic E-state index is -1.27. The Labute approximate surface area is 119 Å². The molecule has 1 aromatic heterocycles. The van der Waals surface area contributed by atoms with Crippen molar-refractivity contribution in [2.75, 3.05) is 5.32 Å². The molecule has 2 aromatic rings. The van der Waals surface area contributed by atoms with Crippen LogP contribution in [0, 0.1) is 0 Å². The van der Waals surface area contributed by atoms with Crippen molar-refractivity contribution in [2.24, 2.45) is 0 Å². The molecule has 98 valence electrons. The Kier molecular flexibility index (Phi) is 4.24. The van der Waals surface area contributed by atoms with Crippen LogP contribution in [0.4, 0.5) is 5.00 Å². The van der Waals surface area contributed by atoms with Crippen LogP contribution in [0.15, 0.2) is 46.7 Å². The highest BCUT2D eigenvalue weighted by Crippen LogP contribution is 2.26. The third kappa shape index (κ3) is 3.15. The van der Waals surface area contributed by atoms with Crippen molar-refractivity contribution < 1.29 is 14.7 Å². The summed E-state index contributed by atoms with van der Waals surface area (Å²) in [4.78, 5) is 23.9. The molecule has 2 rings (SSSR count). The highest BCUT2D eigenvalue weighted by molar-refractivity contribution is 7.80. The molecule has 0 saturated heterocycles. The van der Waals surface area contributed by atoms with Crippen LogP contribution in [-0.2, 0) is 9.59 Å². The molecule has 0 aliphatic carbocycles. The molecule has 1 unspecified atom stereocenters. The maximum Gasteiger partial charge on any atom is 0.320 e. The van der Waals surface area contributed by atoms with Crippen LogP contribution in [0.25, 0.3) is 0 Å². The molecule has 1 heterocycles. The Morgan fingerprint density at radius 2 is 1.95 bits per heavy atom. The molecule has 2 N–H and O–H groups in total. The van der Waals surface area contributed by atoms with Crippen LogP contribution in [-0.4, -0.2) is 17.0 Å². The number of benzene rings is 1. The zero-order valence-electron chi connectivity index (χ0n) is 9.74. The summed E-state index contributed by atoms with van der Waals surface area (Å²) < 4.78 is 0. The Bertz CT molecular complexity index is 596. The number of amides is 1. The highest BCUT2D eigenvalue weighted by Gasteiger charge is 2.29. The lowest BCUT2D eigenvalue weighted by Gasteiger charge is -2.14. The second kappa shape index (κ2) is 5.90. The van der Waals surface area contributed by atoms with Gasteiger partial charge in [0.25, 0.3) is 0 Å². The lowest BCUT2D eigenvalue weighted by molar-refractivity contribution is -0.141. The summed E-state index contributed by atoms with van der Waals surface area (Å²) in [7, 11) is 0. The number of aliphatic carboxylic acids is 1. The van der Waals surface area contributed by atoms with Crippen molar-refractivity contribution >= 4 is 40.8 Å². The second-order valence-corrected chi connectivity index (χ2v) is 5.23. The van der Waals surface area contributed by atoms with Gasteiger partial charge in [-0.2, -0.15) is 0 Å². The monoisotopic (exact) mass is 293 g/mol. The molecule has 0 fully saturated rings. The van der Waals surface area contributed by atoms with E-state index in [4.69, 9.17) is 0 Å². The van der Waals surface area contributed by atoms with Crippen LogP contribution >= 0.6 is 24.0 Å². The van der Waals surface area contributed by atoms with Gasteiger partial charge in [-0.05, 0) is 29.1 Å². The van der Waals surface area contributed by atoms with Gasteiger partial charge >= 0.3 is 5.97 Å². The number of nitrogens with one attached hydrogen (secondary N) is 1. The minimum absolute atomic E-state index is 0.382. The van der Waals surface area contributed by atoms with Crippen LogP contribution in [0.1, 0.15) is 11.5 Å². The van der Waals surface area contributed by atoms with Gasteiger partial charge in [-0.15, -0.1) is 24.0 Å². The van der Waals surface area contributed by atoms with Gasteiger partial charge in [-0.3, -0.25) is 9.59 Å². The fraction of sp³-hybridized carbons (Fsp3) is 0.0769. The number of carbonyl (C=O) groups is 2. The molecule has 0 spiro atoms. The molecule has 0 radical (unpaired) electrons. The van der Waals surface area contributed by atoms with Crippen molar-refractivity contribution in [3.63, 3.8) is 0 Å². The quantitative estimate of drug-likeness (QED) is 0.600. The number of carbonyl (C=O) groups excluding carboxylic acids is 1. The van der Waals surface area contributed by atoms with Gasteiger partial charge < -0.3 is 10.4 Å². The Balaban J connectivity index is 2.28. The Morgan fingerprint density at radius 1 is 1.21 bits per heavy atom. The van der Waals surface area contributed by atoms with Gasteiger partial charge in [0.05, 0.1) is 5.00 Å².